The second-order valence-electron chi connectivity index (χ2n) is 7.88. The van der Waals surface area contributed by atoms with E-state index in [1.807, 2.05) is 56.5 Å². The van der Waals surface area contributed by atoms with Crippen molar-refractivity contribution in [2.45, 2.75) is 18.6 Å². The Bertz CT molecular complexity index is 789. The van der Waals surface area contributed by atoms with Crippen LogP contribution in [-0.4, -0.2) is 79.6 Å². The molecule has 0 aliphatic carbocycles. The molecule has 1 aromatic carbocycles. The smallest absolute Gasteiger partial charge is 0.155 e. The topological polar surface area (TPSA) is 65.0 Å². The van der Waals surface area contributed by atoms with Crippen molar-refractivity contribution in [3.8, 4) is 5.75 Å². The summed E-state index contributed by atoms with van der Waals surface area (Å²) in [4.78, 5) is 14.8. The first-order valence-electron chi connectivity index (χ1n) is 9.81. The first-order chi connectivity index (χ1) is 13.9. The molecule has 0 spiro atoms. The van der Waals surface area contributed by atoms with Gasteiger partial charge in [-0.25, -0.2) is 14.4 Å². The van der Waals surface area contributed by atoms with Gasteiger partial charge in [-0.15, -0.1) is 0 Å². The highest BCUT2D eigenvalue weighted by molar-refractivity contribution is 5.66. The molecule has 1 aromatic heterocycles. The molecule has 8 heteroatoms. The number of rotatable bonds is 9. The molecular weight excluding hydrogens is 373 g/mol. The lowest BCUT2D eigenvalue weighted by atomic mass is 10.0. The van der Waals surface area contributed by atoms with E-state index in [1.165, 1.54) is 0 Å². The quantitative estimate of drug-likeness (QED) is 0.687. The minimum absolute atomic E-state index is 0.0742. The zero-order valence-electron chi connectivity index (χ0n) is 17.4. The average molecular weight is 404 g/mol. The third-order valence-electron chi connectivity index (χ3n) is 5.06. The number of hydrogen-bond acceptors (Lipinski definition) is 7. The molecule has 1 aliphatic rings. The van der Waals surface area contributed by atoms with E-state index in [1.54, 1.807) is 6.33 Å². The molecule has 1 atom stereocenters. The largest absolute Gasteiger partial charge is 0.491 e. The summed E-state index contributed by atoms with van der Waals surface area (Å²) < 4.78 is 17.5. The molecule has 1 aliphatic heterocycles. The van der Waals surface area contributed by atoms with Crippen LogP contribution < -0.4 is 14.5 Å². The Kier molecular flexibility index (Phi) is 6.87. The maximum absolute atomic E-state index is 12.2. The summed E-state index contributed by atoms with van der Waals surface area (Å²) in [6.07, 6.45) is 4.04. The first-order valence-corrected chi connectivity index (χ1v) is 9.81. The number of aliphatic hydroxyl groups is 1. The number of benzene rings is 1. The Morgan fingerprint density at radius 2 is 2.00 bits per heavy atom. The molecule has 3 rings (SSSR count). The van der Waals surface area contributed by atoms with Gasteiger partial charge in [-0.2, -0.15) is 0 Å². The molecule has 1 fully saturated rings. The van der Waals surface area contributed by atoms with Gasteiger partial charge in [-0.3, -0.25) is 4.90 Å². The van der Waals surface area contributed by atoms with Crippen molar-refractivity contribution in [1.29, 1.82) is 0 Å². The second kappa shape index (κ2) is 9.37. The van der Waals surface area contributed by atoms with Crippen molar-refractivity contribution in [2.24, 2.45) is 0 Å². The standard InChI is InChI=1S/C21H30FN5O2/c1-25(2)20-19(12-23-16-24-20)27-10-8-21(28,15-27)14-26(3)13-17-4-6-18(7-5-17)29-11-9-22/h4-7,12,16,28H,8-11,13-15H2,1-3H3/t21-/m0/s1. The third-order valence-corrected chi connectivity index (χ3v) is 5.06. The maximum atomic E-state index is 12.2. The van der Waals surface area contributed by atoms with Gasteiger partial charge < -0.3 is 19.6 Å². The average Bonchev–Trinajstić information content (AvgIpc) is 3.08. The molecule has 0 saturated carbocycles. The summed E-state index contributed by atoms with van der Waals surface area (Å²) >= 11 is 0. The predicted molar refractivity (Wildman–Crippen MR) is 112 cm³/mol. The Morgan fingerprint density at radius 3 is 2.69 bits per heavy atom. The fourth-order valence-electron chi connectivity index (χ4n) is 3.79. The number of aromatic nitrogens is 2. The van der Waals surface area contributed by atoms with Gasteiger partial charge in [-0.05, 0) is 31.2 Å². The molecule has 158 valence electrons. The number of alkyl halides is 1. The van der Waals surface area contributed by atoms with Crippen LogP contribution in [0.3, 0.4) is 0 Å². The summed E-state index contributed by atoms with van der Waals surface area (Å²) in [5.41, 5.74) is 1.27. The molecule has 0 radical (unpaired) electrons. The van der Waals surface area contributed by atoms with Gasteiger partial charge in [0.1, 0.15) is 25.4 Å². The summed E-state index contributed by atoms with van der Waals surface area (Å²) in [5.74, 6) is 1.52. The lowest BCUT2D eigenvalue weighted by Gasteiger charge is -2.30. The fraction of sp³-hybridized carbons (Fsp3) is 0.524. The van der Waals surface area contributed by atoms with E-state index in [2.05, 4.69) is 19.8 Å². The number of likely N-dealkylation sites (N-methyl/N-ethyl adjacent to an activating group) is 1. The van der Waals surface area contributed by atoms with Crippen LogP contribution in [0.2, 0.25) is 0 Å². The highest BCUT2D eigenvalue weighted by Gasteiger charge is 2.38. The van der Waals surface area contributed by atoms with Gasteiger partial charge in [0.25, 0.3) is 0 Å². The van der Waals surface area contributed by atoms with Crippen molar-refractivity contribution in [2.75, 3.05) is 63.9 Å². The Labute approximate surface area is 171 Å². The Morgan fingerprint density at radius 1 is 1.24 bits per heavy atom. The molecular formula is C21H30FN5O2. The van der Waals surface area contributed by atoms with Gasteiger partial charge in [0, 0.05) is 40.3 Å². The van der Waals surface area contributed by atoms with E-state index < -0.39 is 12.3 Å². The van der Waals surface area contributed by atoms with Gasteiger partial charge in [0.15, 0.2) is 5.82 Å². The second-order valence-corrected chi connectivity index (χ2v) is 7.88. The van der Waals surface area contributed by atoms with Crippen LogP contribution in [0.4, 0.5) is 15.9 Å². The molecule has 2 aromatic rings. The highest BCUT2D eigenvalue weighted by atomic mass is 19.1. The van der Waals surface area contributed by atoms with Gasteiger partial charge in [-0.1, -0.05) is 12.1 Å². The highest BCUT2D eigenvalue weighted by Crippen LogP contribution is 2.32. The van der Waals surface area contributed by atoms with Crippen molar-refractivity contribution in [1.82, 2.24) is 14.9 Å². The van der Waals surface area contributed by atoms with Crippen LogP contribution in [0.1, 0.15) is 12.0 Å². The fourth-order valence-corrected chi connectivity index (χ4v) is 3.79. The minimum Gasteiger partial charge on any atom is -0.491 e. The van der Waals surface area contributed by atoms with Crippen LogP contribution in [0.5, 0.6) is 5.75 Å². The van der Waals surface area contributed by atoms with E-state index in [4.69, 9.17) is 4.74 Å². The molecule has 0 amide bonds. The van der Waals surface area contributed by atoms with Gasteiger partial charge in [0.05, 0.1) is 17.5 Å². The molecule has 29 heavy (non-hydrogen) atoms. The normalized spacial score (nSPS) is 19.0. The first kappa shape index (κ1) is 21.3. The molecule has 7 nitrogen and oxygen atoms in total. The number of nitrogens with zero attached hydrogens (tertiary/aromatic N) is 5. The van der Waals surface area contributed by atoms with Crippen LogP contribution in [0, 0.1) is 0 Å². The van der Waals surface area contributed by atoms with Crippen molar-refractivity contribution in [3.05, 3.63) is 42.4 Å². The number of ether oxygens (including phenoxy) is 1. The number of anilines is 2. The summed E-state index contributed by atoms with van der Waals surface area (Å²) in [5, 5.41) is 11.1. The molecule has 1 saturated heterocycles. The van der Waals surface area contributed by atoms with E-state index in [-0.39, 0.29) is 6.61 Å². The lowest BCUT2D eigenvalue weighted by molar-refractivity contribution is 0.0280. The van der Waals surface area contributed by atoms with Gasteiger partial charge in [0.2, 0.25) is 0 Å². The SMILES string of the molecule is CN(Cc1ccc(OCCF)cc1)C[C@@]1(O)CCN(c2cncnc2N(C)C)C1. The van der Waals surface area contributed by atoms with Crippen molar-refractivity contribution >= 4 is 11.5 Å². The van der Waals surface area contributed by atoms with Crippen LogP contribution in [-0.2, 0) is 6.54 Å². The lowest BCUT2D eigenvalue weighted by Crippen LogP contribution is -2.43. The maximum Gasteiger partial charge on any atom is 0.155 e. The minimum atomic E-state index is -0.793. The van der Waals surface area contributed by atoms with Crippen LogP contribution in [0.15, 0.2) is 36.8 Å². The molecule has 2 heterocycles. The zero-order chi connectivity index (χ0) is 20.9. The van der Waals surface area contributed by atoms with E-state index in [0.717, 1.165) is 23.6 Å². The van der Waals surface area contributed by atoms with Crippen LogP contribution in [0.25, 0.3) is 0 Å². The van der Waals surface area contributed by atoms with Crippen LogP contribution >= 0.6 is 0 Å². The van der Waals surface area contributed by atoms with Crippen molar-refractivity contribution in [3.63, 3.8) is 0 Å². The van der Waals surface area contributed by atoms with Crippen molar-refractivity contribution < 1.29 is 14.2 Å². The van der Waals surface area contributed by atoms with E-state index in [9.17, 15) is 9.50 Å². The number of hydrogen-bond donors (Lipinski definition) is 1. The number of halogens is 1. The zero-order valence-corrected chi connectivity index (χ0v) is 17.4. The Balaban J connectivity index is 1.57. The van der Waals surface area contributed by atoms with E-state index >= 15 is 0 Å². The van der Waals surface area contributed by atoms with Gasteiger partial charge >= 0.3 is 0 Å². The summed E-state index contributed by atoms with van der Waals surface area (Å²) in [6.45, 7) is 2.16. The monoisotopic (exact) mass is 403 g/mol. The summed E-state index contributed by atoms with van der Waals surface area (Å²) in [6, 6.07) is 7.64. The molecule has 0 unspecified atom stereocenters. The number of β-amino-alcohol motifs (C(OH)–C–C–N with tert-alkyl or cyclic N) is 1. The summed E-state index contributed by atoms with van der Waals surface area (Å²) in [7, 11) is 5.91. The Hall–Kier alpha value is -2.45. The molecule has 1 N–H and O–H groups in total. The third kappa shape index (κ3) is 5.55. The van der Waals surface area contributed by atoms with E-state index in [0.29, 0.717) is 31.8 Å². The molecule has 0 bridgehead atoms. The predicted octanol–water partition coefficient (Wildman–Crippen LogP) is 1.96.